The molecule has 1 aliphatic heterocycles. The van der Waals surface area contributed by atoms with E-state index in [9.17, 15) is 9.59 Å². The summed E-state index contributed by atoms with van der Waals surface area (Å²) in [7, 11) is 0. The van der Waals surface area contributed by atoms with Crippen LogP contribution in [0.1, 0.15) is 43.5 Å². The number of rotatable bonds is 7. The SMILES string of the molecule is CCN(CC)C(=O)c1ccccc1NC(=O)CCC1CCNC1. The summed E-state index contributed by atoms with van der Waals surface area (Å²) in [6.07, 6.45) is 2.54. The van der Waals surface area contributed by atoms with Gasteiger partial charge in [-0.05, 0) is 57.8 Å². The highest BCUT2D eigenvalue weighted by molar-refractivity contribution is 6.03. The molecule has 23 heavy (non-hydrogen) atoms. The van der Waals surface area contributed by atoms with Gasteiger partial charge < -0.3 is 15.5 Å². The van der Waals surface area contributed by atoms with Crippen LogP contribution in [0.25, 0.3) is 0 Å². The van der Waals surface area contributed by atoms with Crippen molar-refractivity contribution in [2.75, 3.05) is 31.5 Å². The largest absolute Gasteiger partial charge is 0.339 e. The molecule has 2 N–H and O–H groups in total. The fourth-order valence-corrected chi connectivity index (χ4v) is 2.97. The molecule has 0 spiro atoms. The molecular formula is C18H27N3O2. The Hall–Kier alpha value is -1.88. The zero-order valence-electron chi connectivity index (χ0n) is 14.1. The highest BCUT2D eigenvalue weighted by atomic mass is 16.2. The summed E-state index contributed by atoms with van der Waals surface area (Å²) in [6, 6.07) is 7.25. The van der Waals surface area contributed by atoms with Crippen molar-refractivity contribution in [2.24, 2.45) is 5.92 Å². The first kappa shape index (κ1) is 17.5. The van der Waals surface area contributed by atoms with Gasteiger partial charge in [-0.3, -0.25) is 9.59 Å². The lowest BCUT2D eigenvalue weighted by Gasteiger charge is -2.20. The van der Waals surface area contributed by atoms with E-state index < -0.39 is 0 Å². The van der Waals surface area contributed by atoms with Gasteiger partial charge in [0, 0.05) is 19.5 Å². The van der Waals surface area contributed by atoms with Crippen molar-refractivity contribution in [3.05, 3.63) is 29.8 Å². The zero-order valence-corrected chi connectivity index (χ0v) is 14.1. The van der Waals surface area contributed by atoms with Crippen LogP contribution in [0.5, 0.6) is 0 Å². The van der Waals surface area contributed by atoms with Gasteiger partial charge in [-0.2, -0.15) is 0 Å². The Morgan fingerprint density at radius 3 is 2.65 bits per heavy atom. The summed E-state index contributed by atoms with van der Waals surface area (Å²) < 4.78 is 0. The maximum absolute atomic E-state index is 12.5. The summed E-state index contributed by atoms with van der Waals surface area (Å²) in [6.45, 7) is 7.28. The van der Waals surface area contributed by atoms with Crippen molar-refractivity contribution >= 4 is 17.5 Å². The first-order chi connectivity index (χ1) is 11.2. The lowest BCUT2D eigenvalue weighted by atomic mass is 10.0. The molecule has 1 aliphatic rings. The monoisotopic (exact) mass is 317 g/mol. The summed E-state index contributed by atoms with van der Waals surface area (Å²) >= 11 is 0. The summed E-state index contributed by atoms with van der Waals surface area (Å²) in [5.41, 5.74) is 1.17. The van der Waals surface area contributed by atoms with Crippen LogP contribution in [0.4, 0.5) is 5.69 Å². The second kappa shape index (κ2) is 8.67. The van der Waals surface area contributed by atoms with Crippen LogP contribution in [-0.4, -0.2) is 42.9 Å². The van der Waals surface area contributed by atoms with Crippen molar-refractivity contribution in [1.82, 2.24) is 10.2 Å². The van der Waals surface area contributed by atoms with Gasteiger partial charge in [0.05, 0.1) is 11.3 Å². The van der Waals surface area contributed by atoms with Gasteiger partial charge in [0.25, 0.3) is 5.91 Å². The molecule has 1 aromatic carbocycles. The maximum atomic E-state index is 12.5. The normalized spacial score (nSPS) is 17.0. The van der Waals surface area contributed by atoms with E-state index in [2.05, 4.69) is 10.6 Å². The van der Waals surface area contributed by atoms with Crippen molar-refractivity contribution in [1.29, 1.82) is 0 Å². The number of carbonyl (C=O) groups excluding carboxylic acids is 2. The topological polar surface area (TPSA) is 61.4 Å². The first-order valence-electron chi connectivity index (χ1n) is 8.54. The van der Waals surface area contributed by atoms with Gasteiger partial charge in [-0.25, -0.2) is 0 Å². The van der Waals surface area contributed by atoms with Gasteiger partial charge in [0.15, 0.2) is 0 Å². The third-order valence-corrected chi connectivity index (χ3v) is 4.42. The molecule has 0 saturated carbocycles. The van der Waals surface area contributed by atoms with E-state index in [1.165, 1.54) is 0 Å². The molecule has 2 rings (SSSR count). The van der Waals surface area contributed by atoms with Crippen molar-refractivity contribution in [2.45, 2.75) is 33.1 Å². The molecule has 0 aromatic heterocycles. The molecule has 1 saturated heterocycles. The van der Waals surface area contributed by atoms with Crippen molar-refractivity contribution in [3.63, 3.8) is 0 Å². The molecule has 126 valence electrons. The predicted octanol–water partition coefficient (Wildman–Crippen LogP) is 2.50. The molecule has 5 nitrogen and oxygen atoms in total. The molecular weight excluding hydrogens is 290 g/mol. The number of para-hydroxylation sites is 1. The smallest absolute Gasteiger partial charge is 0.255 e. The van der Waals surface area contributed by atoms with Crippen LogP contribution < -0.4 is 10.6 Å². The zero-order chi connectivity index (χ0) is 16.7. The predicted molar refractivity (Wildman–Crippen MR) is 92.5 cm³/mol. The van der Waals surface area contributed by atoms with E-state index in [-0.39, 0.29) is 11.8 Å². The van der Waals surface area contributed by atoms with Crippen molar-refractivity contribution in [3.8, 4) is 0 Å². The minimum atomic E-state index is -0.0362. The minimum absolute atomic E-state index is 0.0169. The second-order valence-corrected chi connectivity index (χ2v) is 5.97. The summed E-state index contributed by atoms with van der Waals surface area (Å²) in [4.78, 5) is 26.5. The number of nitrogens with one attached hydrogen (secondary N) is 2. The molecule has 0 bridgehead atoms. The molecule has 0 aliphatic carbocycles. The number of benzene rings is 1. The Labute approximate surface area is 138 Å². The molecule has 1 atom stereocenters. The molecule has 5 heteroatoms. The molecule has 2 amide bonds. The van der Waals surface area contributed by atoms with Gasteiger partial charge >= 0.3 is 0 Å². The Kier molecular flexibility index (Phi) is 6.59. The van der Waals surface area contributed by atoms with Crippen molar-refractivity contribution < 1.29 is 9.59 Å². The van der Waals surface area contributed by atoms with E-state index in [4.69, 9.17) is 0 Å². The quantitative estimate of drug-likeness (QED) is 0.812. The van der Waals surface area contributed by atoms with E-state index in [0.29, 0.717) is 36.7 Å². The van der Waals surface area contributed by atoms with E-state index >= 15 is 0 Å². The van der Waals surface area contributed by atoms with E-state index in [1.54, 1.807) is 17.0 Å². The number of hydrogen-bond acceptors (Lipinski definition) is 3. The first-order valence-corrected chi connectivity index (χ1v) is 8.54. The molecule has 1 fully saturated rings. The van der Waals surface area contributed by atoms with E-state index in [1.807, 2.05) is 26.0 Å². The number of nitrogens with zero attached hydrogens (tertiary/aromatic N) is 1. The third-order valence-electron chi connectivity index (χ3n) is 4.42. The fourth-order valence-electron chi connectivity index (χ4n) is 2.97. The second-order valence-electron chi connectivity index (χ2n) is 5.97. The highest BCUT2D eigenvalue weighted by Gasteiger charge is 2.19. The number of amides is 2. The average Bonchev–Trinajstić information content (AvgIpc) is 3.08. The van der Waals surface area contributed by atoms with Crippen LogP contribution in [0.15, 0.2) is 24.3 Å². The molecule has 1 aromatic rings. The minimum Gasteiger partial charge on any atom is -0.339 e. The highest BCUT2D eigenvalue weighted by Crippen LogP contribution is 2.19. The van der Waals surface area contributed by atoms with Crippen LogP contribution in [-0.2, 0) is 4.79 Å². The fraction of sp³-hybridized carbons (Fsp3) is 0.556. The molecule has 1 heterocycles. The van der Waals surface area contributed by atoms with Gasteiger partial charge in [0.2, 0.25) is 5.91 Å². The molecule has 1 unspecified atom stereocenters. The number of anilines is 1. The van der Waals surface area contributed by atoms with Gasteiger partial charge in [-0.1, -0.05) is 12.1 Å². The average molecular weight is 317 g/mol. The standard InChI is InChI=1S/C18H27N3O2/c1-3-21(4-2)18(23)15-7-5-6-8-16(15)20-17(22)10-9-14-11-12-19-13-14/h5-8,14,19H,3-4,9-13H2,1-2H3,(H,20,22). The van der Waals surface area contributed by atoms with Crippen LogP contribution in [0.3, 0.4) is 0 Å². The Morgan fingerprint density at radius 1 is 1.26 bits per heavy atom. The van der Waals surface area contributed by atoms with Gasteiger partial charge in [0.1, 0.15) is 0 Å². The third kappa shape index (κ3) is 4.79. The van der Waals surface area contributed by atoms with E-state index in [0.717, 1.165) is 25.9 Å². The molecule has 0 radical (unpaired) electrons. The lowest BCUT2D eigenvalue weighted by molar-refractivity contribution is -0.116. The van der Waals surface area contributed by atoms with Crippen LogP contribution in [0.2, 0.25) is 0 Å². The Balaban J connectivity index is 1.98. The Bertz CT molecular complexity index is 535. The Morgan fingerprint density at radius 2 is 2.00 bits per heavy atom. The summed E-state index contributed by atoms with van der Waals surface area (Å²) in [5, 5.41) is 6.22. The number of hydrogen-bond donors (Lipinski definition) is 2. The lowest BCUT2D eigenvalue weighted by Crippen LogP contribution is -2.31. The van der Waals surface area contributed by atoms with Crippen LogP contribution in [0, 0.1) is 5.92 Å². The maximum Gasteiger partial charge on any atom is 0.255 e. The van der Waals surface area contributed by atoms with Gasteiger partial charge in [-0.15, -0.1) is 0 Å². The summed E-state index contributed by atoms with van der Waals surface area (Å²) in [5.74, 6) is 0.538. The number of carbonyl (C=O) groups is 2. The van der Waals surface area contributed by atoms with Crippen LogP contribution >= 0.6 is 0 Å².